The quantitative estimate of drug-likeness (QED) is 0.768. The summed E-state index contributed by atoms with van der Waals surface area (Å²) in [5, 5.41) is 0. The molecule has 0 amide bonds. The van der Waals surface area contributed by atoms with E-state index in [0.717, 1.165) is 11.8 Å². The summed E-state index contributed by atoms with van der Waals surface area (Å²) in [6.45, 7) is 3.78. The second kappa shape index (κ2) is 6.62. The number of nitrogens with zero attached hydrogens (tertiary/aromatic N) is 2. The number of rotatable bonds is 5. The van der Waals surface area contributed by atoms with Crippen molar-refractivity contribution < 1.29 is 0 Å². The van der Waals surface area contributed by atoms with Gasteiger partial charge in [0.1, 0.15) is 0 Å². The summed E-state index contributed by atoms with van der Waals surface area (Å²) in [6, 6.07) is 0.788. The summed E-state index contributed by atoms with van der Waals surface area (Å²) in [5.74, 6) is 1.07. The van der Waals surface area contributed by atoms with Crippen LogP contribution in [0.1, 0.15) is 44.9 Å². The van der Waals surface area contributed by atoms with Gasteiger partial charge in [0.25, 0.3) is 0 Å². The Balaban J connectivity index is 1.83. The molecule has 1 saturated carbocycles. The van der Waals surface area contributed by atoms with E-state index < -0.39 is 0 Å². The molecule has 2 nitrogen and oxygen atoms in total. The lowest BCUT2D eigenvalue weighted by Crippen LogP contribution is -2.43. The Morgan fingerprint density at radius 1 is 1.22 bits per heavy atom. The van der Waals surface area contributed by atoms with Gasteiger partial charge in [0.05, 0.1) is 0 Å². The van der Waals surface area contributed by atoms with Gasteiger partial charge in [-0.25, -0.2) is 0 Å². The van der Waals surface area contributed by atoms with Crippen molar-refractivity contribution in [1.29, 1.82) is 0 Å². The second-order valence-electron chi connectivity index (χ2n) is 6.69. The Hall–Kier alpha value is 0.270. The first-order valence-electron chi connectivity index (χ1n) is 7.65. The Kier molecular flexibility index (Phi) is 5.40. The number of hydrogen-bond donors (Lipinski definition) is 1. The molecule has 0 aromatic heterocycles. The van der Waals surface area contributed by atoms with Crippen LogP contribution in [-0.2, 0) is 0 Å². The zero-order valence-electron chi connectivity index (χ0n) is 12.2. The van der Waals surface area contributed by atoms with Gasteiger partial charge in [0.2, 0.25) is 0 Å². The third-order valence-corrected chi connectivity index (χ3v) is 5.72. The molecule has 0 spiro atoms. The van der Waals surface area contributed by atoms with Crippen LogP contribution < -0.4 is 0 Å². The number of hydrogen-bond acceptors (Lipinski definition) is 3. The fourth-order valence-corrected chi connectivity index (χ4v) is 4.29. The maximum atomic E-state index is 4.65. The molecule has 2 aliphatic rings. The Labute approximate surface area is 119 Å². The fourth-order valence-electron chi connectivity index (χ4n) is 3.87. The maximum Gasteiger partial charge on any atom is 0.0220 e. The van der Waals surface area contributed by atoms with E-state index in [2.05, 4.69) is 36.5 Å². The monoisotopic (exact) mass is 270 g/mol. The van der Waals surface area contributed by atoms with E-state index >= 15 is 0 Å². The average molecular weight is 270 g/mol. The predicted molar refractivity (Wildman–Crippen MR) is 82.5 cm³/mol. The smallest absolute Gasteiger partial charge is 0.0220 e. The molecule has 1 atom stereocenters. The fraction of sp³-hybridized carbons (Fsp3) is 1.00. The van der Waals surface area contributed by atoms with Crippen molar-refractivity contribution in [3.63, 3.8) is 0 Å². The van der Waals surface area contributed by atoms with E-state index in [1.165, 1.54) is 64.6 Å². The van der Waals surface area contributed by atoms with Crippen LogP contribution >= 0.6 is 12.6 Å². The maximum absolute atomic E-state index is 4.65. The highest BCUT2D eigenvalue weighted by atomic mass is 32.1. The molecule has 3 heteroatoms. The van der Waals surface area contributed by atoms with Gasteiger partial charge in [-0.05, 0) is 57.5 Å². The zero-order chi connectivity index (χ0) is 13.0. The topological polar surface area (TPSA) is 6.48 Å². The Morgan fingerprint density at radius 2 is 1.94 bits per heavy atom. The summed E-state index contributed by atoms with van der Waals surface area (Å²) in [7, 11) is 4.59. The van der Waals surface area contributed by atoms with Gasteiger partial charge in [-0.3, -0.25) is 0 Å². The molecule has 2 fully saturated rings. The van der Waals surface area contributed by atoms with E-state index in [0.29, 0.717) is 5.41 Å². The SMILES string of the molecule is CN(CC1CCCN1C)CC1(CS)CCCCC1. The molecule has 0 N–H and O–H groups in total. The zero-order valence-corrected chi connectivity index (χ0v) is 13.1. The molecule has 0 aromatic carbocycles. The largest absolute Gasteiger partial charge is 0.304 e. The first-order valence-corrected chi connectivity index (χ1v) is 8.28. The minimum atomic E-state index is 0.507. The van der Waals surface area contributed by atoms with Crippen molar-refractivity contribution in [1.82, 2.24) is 9.80 Å². The van der Waals surface area contributed by atoms with Crippen LogP contribution in [0.15, 0.2) is 0 Å². The average Bonchev–Trinajstić information content (AvgIpc) is 2.76. The number of likely N-dealkylation sites (tertiary alicyclic amines) is 1. The molecule has 0 aromatic rings. The van der Waals surface area contributed by atoms with Gasteiger partial charge < -0.3 is 9.80 Å². The Bertz CT molecular complexity index is 251. The highest BCUT2D eigenvalue weighted by Gasteiger charge is 2.32. The van der Waals surface area contributed by atoms with Crippen molar-refractivity contribution in [2.45, 2.75) is 51.0 Å². The van der Waals surface area contributed by atoms with Crippen molar-refractivity contribution in [3.05, 3.63) is 0 Å². The van der Waals surface area contributed by atoms with E-state index in [1.54, 1.807) is 0 Å². The van der Waals surface area contributed by atoms with E-state index in [4.69, 9.17) is 0 Å². The molecule has 1 heterocycles. The molecule has 2 rings (SSSR count). The second-order valence-corrected chi connectivity index (χ2v) is 7.01. The lowest BCUT2D eigenvalue weighted by Gasteiger charge is -2.40. The van der Waals surface area contributed by atoms with Crippen molar-refractivity contribution in [2.24, 2.45) is 5.41 Å². The normalized spacial score (nSPS) is 29.0. The van der Waals surface area contributed by atoms with Crippen LogP contribution in [0.2, 0.25) is 0 Å². The molecule has 106 valence electrons. The first kappa shape index (κ1) is 14.7. The molecule has 0 bridgehead atoms. The molecule has 1 unspecified atom stereocenters. The minimum Gasteiger partial charge on any atom is -0.304 e. The van der Waals surface area contributed by atoms with Gasteiger partial charge in [0.15, 0.2) is 0 Å². The van der Waals surface area contributed by atoms with Crippen LogP contribution in [0.4, 0.5) is 0 Å². The van der Waals surface area contributed by atoms with E-state index in [9.17, 15) is 0 Å². The standard InChI is InChI=1S/C15H30N2S/c1-16(11-14-7-6-10-17(14)2)12-15(13-18)8-4-3-5-9-15/h14,18H,3-13H2,1-2H3. The van der Waals surface area contributed by atoms with Gasteiger partial charge in [-0.1, -0.05) is 19.3 Å². The van der Waals surface area contributed by atoms with Crippen LogP contribution in [0.3, 0.4) is 0 Å². The van der Waals surface area contributed by atoms with Crippen LogP contribution in [0.25, 0.3) is 0 Å². The highest BCUT2D eigenvalue weighted by molar-refractivity contribution is 7.80. The summed E-state index contributed by atoms with van der Waals surface area (Å²) < 4.78 is 0. The lowest BCUT2D eigenvalue weighted by atomic mass is 9.75. The van der Waals surface area contributed by atoms with Crippen molar-refractivity contribution in [3.8, 4) is 0 Å². The van der Waals surface area contributed by atoms with Gasteiger partial charge in [-0.2, -0.15) is 12.6 Å². The first-order chi connectivity index (χ1) is 8.65. The van der Waals surface area contributed by atoms with Crippen molar-refractivity contribution in [2.75, 3.05) is 39.5 Å². The molecular formula is C15H30N2S. The van der Waals surface area contributed by atoms with E-state index in [1.807, 2.05) is 0 Å². The van der Waals surface area contributed by atoms with Gasteiger partial charge in [0, 0.05) is 19.1 Å². The Morgan fingerprint density at radius 3 is 2.50 bits per heavy atom. The number of likely N-dealkylation sites (N-methyl/N-ethyl adjacent to an activating group) is 2. The van der Waals surface area contributed by atoms with E-state index in [-0.39, 0.29) is 0 Å². The third-order valence-electron chi connectivity index (χ3n) is 5.05. The van der Waals surface area contributed by atoms with Gasteiger partial charge in [-0.15, -0.1) is 0 Å². The van der Waals surface area contributed by atoms with Crippen LogP contribution in [-0.4, -0.2) is 55.3 Å². The summed E-state index contributed by atoms with van der Waals surface area (Å²) in [5.41, 5.74) is 0.507. The van der Waals surface area contributed by atoms with Crippen LogP contribution in [0.5, 0.6) is 0 Å². The molecular weight excluding hydrogens is 240 g/mol. The third kappa shape index (κ3) is 3.64. The van der Waals surface area contributed by atoms with Gasteiger partial charge >= 0.3 is 0 Å². The molecule has 0 radical (unpaired) electrons. The molecule has 1 saturated heterocycles. The molecule has 1 aliphatic carbocycles. The molecule has 1 aliphatic heterocycles. The summed E-state index contributed by atoms with van der Waals surface area (Å²) in [6.07, 6.45) is 9.81. The number of thiol groups is 1. The van der Waals surface area contributed by atoms with Crippen LogP contribution in [0, 0.1) is 5.41 Å². The summed E-state index contributed by atoms with van der Waals surface area (Å²) in [4.78, 5) is 5.11. The predicted octanol–water partition coefficient (Wildman–Crippen LogP) is 2.89. The minimum absolute atomic E-state index is 0.507. The molecule has 18 heavy (non-hydrogen) atoms. The van der Waals surface area contributed by atoms with Crippen molar-refractivity contribution >= 4 is 12.6 Å². The lowest BCUT2D eigenvalue weighted by molar-refractivity contribution is 0.124. The highest BCUT2D eigenvalue weighted by Crippen LogP contribution is 2.38. The summed E-state index contributed by atoms with van der Waals surface area (Å²) >= 11 is 4.65.